The zero-order valence-electron chi connectivity index (χ0n) is 16.5. The Morgan fingerprint density at radius 3 is 2.53 bits per heavy atom. The van der Waals surface area contributed by atoms with Gasteiger partial charge in [-0.1, -0.05) is 65.3 Å². The van der Waals surface area contributed by atoms with Gasteiger partial charge >= 0.3 is 0 Å². The van der Waals surface area contributed by atoms with E-state index >= 15 is 0 Å². The fourth-order valence-corrected chi connectivity index (χ4v) is 6.34. The summed E-state index contributed by atoms with van der Waals surface area (Å²) in [5, 5.41) is 1.70. The van der Waals surface area contributed by atoms with Gasteiger partial charge in [0.15, 0.2) is 0 Å². The van der Waals surface area contributed by atoms with E-state index in [0.717, 1.165) is 16.3 Å². The van der Waals surface area contributed by atoms with Crippen LogP contribution in [-0.2, 0) is 6.42 Å². The molecule has 0 aliphatic heterocycles. The first-order valence-electron chi connectivity index (χ1n) is 10.3. The first kappa shape index (κ1) is 20.3. The molecular weight excluding hydrogens is 433 g/mol. The number of pyridine rings is 2. The molecule has 1 saturated carbocycles. The molecule has 0 amide bonds. The first-order valence-corrected chi connectivity index (χ1v) is 11.9. The minimum atomic E-state index is 0.170. The summed E-state index contributed by atoms with van der Waals surface area (Å²) >= 11 is 13.8. The lowest BCUT2D eigenvalue weighted by Gasteiger charge is -2.40. The fourth-order valence-electron chi connectivity index (χ4n) is 5.12. The van der Waals surface area contributed by atoms with Crippen molar-refractivity contribution in [3.05, 3.63) is 81.7 Å². The van der Waals surface area contributed by atoms with Gasteiger partial charge in [-0.2, -0.15) is 0 Å². The maximum atomic E-state index is 6.72. The van der Waals surface area contributed by atoms with Crippen LogP contribution in [0.1, 0.15) is 54.3 Å². The van der Waals surface area contributed by atoms with Crippen LogP contribution in [-0.4, -0.2) is 9.97 Å². The number of rotatable bonds is 3. The van der Waals surface area contributed by atoms with Crippen molar-refractivity contribution in [2.75, 3.05) is 0 Å². The SMILES string of the molecule is N[C@@H]1c2ccccc2C[C@]12CC[C@H](c1ccc(Sc3ccnc(Cl)c3Cl)nc1)CC2. The Hall–Kier alpha value is -1.59. The third-order valence-electron chi connectivity index (χ3n) is 6.83. The number of fused-ring (bicyclic) bond motifs is 1. The van der Waals surface area contributed by atoms with Crippen molar-refractivity contribution in [3.8, 4) is 0 Å². The van der Waals surface area contributed by atoms with Crippen molar-refractivity contribution in [1.82, 2.24) is 9.97 Å². The van der Waals surface area contributed by atoms with Crippen LogP contribution in [0, 0.1) is 5.41 Å². The Bertz CT molecular complexity index is 1060. The molecule has 1 aromatic carbocycles. The normalized spacial score (nSPS) is 25.4. The second-order valence-electron chi connectivity index (χ2n) is 8.44. The van der Waals surface area contributed by atoms with Gasteiger partial charge < -0.3 is 5.73 Å². The smallest absolute Gasteiger partial charge is 0.148 e. The Morgan fingerprint density at radius 2 is 1.80 bits per heavy atom. The van der Waals surface area contributed by atoms with Gasteiger partial charge in [0.25, 0.3) is 0 Å². The fraction of sp³-hybridized carbons (Fsp3) is 0.333. The second-order valence-corrected chi connectivity index (χ2v) is 10.2. The number of hydrogen-bond donors (Lipinski definition) is 1. The van der Waals surface area contributed by atoms with Gasteiger partial charge in [-0.3, -0.25) is 0 Å². The summed E-state index contributed by atoms with van der Waals surface area (Å²) in [5.41, 5.74) is 11.1. The average Bonchev–Trinajstić information content (AvgIpc) is 3.04. The van der Waals surface area contributed by atoms with Gasteiger partial charge in [0, 0.05) is 23.3 Å². The number of halogens is 2. The zero-order valence-corrected chi connectivity index (χ0v) is 18.9. The highest BCUT2D eigenvalue weighted by Gasteiger charge is 2.46. The lowest BCUT2D eigenvalue weighted by atomic mass is 9.66. The van der Waals surface area contributed by atoms with Crippen LogP contribution in [0.2, 0.25) is 10.2 Å². The number of hydrogen-bond acceptors (Lipinski definition) is 4. The van der Waals surface area contributed by atoms with E-state index in [2.05, 4.69) is 46.4 Å². The summed E-state index contributed by atoms with van der Waals surface area (Å²) < 4.78 is 0. The Labute approximate surface area is 191 Å². The summed E-state index contributed by atoms with van der Waals surface area (Å²) in [6, 6.07) is 15.0. The average molecular weight is 456 g/mol. The molecule has 3 aromatic rings. The van der Waals surface area contributed by atoms with Gasteiger partial charge in [-0.25, -0.2) is 9.97 Å². The predicted molar refractivity (Wildman–Crippen MR) is 123 cm³/mol. The first-order chi connectivity index (χ1) is 14.6. The Kier molecular flexibility index (Phi) is 5.53. The Morgan fingerprint density at radius 1 is 1.00 bits per heavy atom. The molecule has 2 aliphatic rings. The largest absolute Gasteiger partial charge is 0.323 e. The molecule has 0 saturated heterocycles. The molecule has 30 heavy (non-hydrogen) atoms. The highest BCUT2D eigenvalue weighted by molar-refractivity contribution is 7.99. The van der Waals surface area contributed by atoms with Crippen LogP contribution in [0.3, 0.4) is 0 Å². The van der Waals surface area contributed by atoms with E-state index < -0.39 is 0 Å². The van der Waals surface area contributed by atoms with Crippen LogP contribution in [0.5, 0.6) is 0 Å². The monoisotopic (exact) mass is 455 g/mol. The highest BCUT2D eigenvalue weighted by atomic mass is 35.5. The van der Waals surface area contributed by atoms with E-state index in [1.807, 2.05) is 12.3 Å². The summed E-state index contributed by atoms with van der Waals surface area (Å²) in [6.45, 7) is 0. The topological polar surface area (TPSA) is 51.8 Å². The molecule has 1 fully saturated rings. The van der Waals surface area contributed by atoms with Crippen molar-refractivity contribution >= 4 is 35.0 Å². The number of benzene rings is 1. The summed E-state index contributed by atoms with van der Waals surface area (Å²) in [6.07, 6.45) is 9.49. The minimum absolute atomic E-state index is 0.170. The second kappa shape index (κ2) is 8.16. The summed E-state index contributed by atoms with van der Waals surface area (Å²) in [5.74, 6) is 0.553. The highest BCUT2D eigenvalue weighted by Crippen LogP contribution is 2.55. The summed E-state index contributed by atoms with van der Waals surface area (Å²) in [7, 11) is 0. The third-order valence-corrected chi connectivity index (χ3v) is 8.72. The molecule has 1 atom stereocenters. The van der Waals surface area contributed by atoms with E-state index in [0.29, 0.717) is 16.1 Å². The maximum absolute atomic E-state index is 6.72. The van der Waals surface area contributed by atoms with Crippen LogP contribution < -0.4 is 5.73 Å². The van der Waals surface area contributed by atoms with E-state index in [1.54, 1.807) is 6.20 Å². The molecule has 2 aromatic heterocycles. The lowest BCUT2D eigenvalue weighted by Crippen LogP contribution is -2.35. The predicted octanol–water partition coefficient (Wildman–Crippen LogP) is 6.83. The van der Waals surface area contributed by atoms with Crippen LogP contribution >= 0.6 is 35.0 Å². The van der Waals surface area contributed by atoms with Crippen molar-refractivity contribution in [2.45, 2.75) is 54.0 Å². The van der Waals surface area contributed by atoms with Crippen LogP contribution in [0.4, 0.5) is 0 Å². The van der Waals surface area contributed by atoms with E-state index in [9.17, 15) is 0 Å². The van der Waals surface area contributed by atoms with Crippen molar-refractivity contribution in [2.24, 2.45) is 11.1 Å². The van der Waals surface area contributed by atoms with Crippen molar-refractivity contribution in [3.63, 3.8) is 0 Å². The molecule has 154 valence electrons. The molecule has 0 bridgehead atoms. The molecule has 2 N–H and O–H groups in total. The standard InChI is InChI=1S/C24H23Cl2N3S/c25-21-19(9-12-28-23(21)26)30-20-6-5-17(14-29-20)15-7-10-24(11-8-15)13-16-3-1-2-4-18(16)22(24)27/h1-6,9,12,14-15,22H,7-8,10-11,13,27H2/t15-,22-,24+/m1/s1. The summed E-state index contributed by atoms with van der Waals surface area (Å²) in [4.78, 5) is 9.54. The van der Waals surface area contributed by atoms with Gasteiger partial charge in [0.2, 0.25) is 0 Å². The number of nitrogens with two attached hydrogens (primary N) is 1. The molecule has 1 spiro atoms. The quantitative estimate of drug-likeness (QED) is 0.439. The van der Waals surface area contributed by atoms with Gasteiger partial charge in [-0.05, 0) is 72.3 Å². The molecule has 5 rings (SSSR count). The lowest BCUT2D eigenvalue weighted by molar-refractivity contribution is 0.149. The van der Waals surface area contributed by atoms with Crippen molar-refractivity contribution in [1.29, 1.82) is 0 Å². The molecule has 0 unspecified atom stereocenters. The molecule has 2 aliphatic carbocycles. The van der Waals surface area contributed by atoms with E-state index in [-0.39, 0.29) is 11.5 Å². The number of aromatic nitrogens is 2. The molecule has 6 heteroatoms. The number of nitrogens with zero attached hydrogens (tertiary/aromatic N) is 2. The van der Waals surface area contributed by atoms with E-state index in [1.165, 1.54) is 54.1 Å². The van der Waals surface area contributed by atoms with Gasteiger partial charge in [0.05, 0.1) is 5.02 Å². The third kappa shape index (κ3) is 3.64. The maximum Gasteiger partial charge on any atom is 0.148 e. The molecule has 3 nitrogen and oxygen atoms in total. The van der Waals surface area contributed by atoms with Crippen LogP contribution in [0.15, 0.2) is 64.8 Å². The van der Waals surface area contributed by atoms with Crippen LogP contribution in [0.25, 0.3) is 0 Å². The molecular formula is C24H23Cl2N3S. The molecule has 2 heterocycles. The van der Waals surface area contributed by atoms with Gasteiger partial charge in [0.1, 0.15) is 10.2 Å². The van der Waals surface area contributed by atoms with Gasteiger partial charge in [-0.15, -0.1) is 0 Å². The molecule has 0 radical (unpaired) electrons. The minimum Gasteiger partial charge on any atom is -0.323 e. The van der Waals surface area contributed by atoms with Crippen molar-refractivity contribution < 1.29 is 0 Å². The zero-order chi connectivity index (χ0) is 20.7. The Balaban J connectivity index is 1.26. The van der Waals surface area contributed by atoms with E-state index in [4.69, 9.17) is 28.9 Å².